The number of nitrogens with zero attached hydrogens (tertiary/aromatic N) is 2. The minimum absolute atomic E-state index is 0.0671. The van der Waals surface area contributed by atoms with Gasteiger partial charge in [0, 0.05) is 39.1 Å². The smallest absolute Gasteiger partial charge is 0.380 e. The number of alkyl halides is 3. The maximum atomic E-state index is 13.4. The van der Waals surface area contributed by atoms with Crippen LogP contribution >= 0.6 is 0 Å². The summed E-state index contributed by atoms with van der Waals surface area (Å²) in [5, 5.41) is 0. The number of benzene rings is 1. The molecule has 0 radical (unpaired) electrons. The Kier molecular flexibility index (Phi) is 5.57. The number of carbonyl (C=O) groups excluding carboxylic acids is 3. The largest absolute Gasteiger partial charge is 0.416 e. The first-order chi connectivity index (χ1) is 14.7. The standard InChI is InChI=1S/C22H25F3N2O4/c1-31-17-6-3-9-26(13-17)18(28)11-21(12-19(29)27(20(21)30)16-7-8-16)14-4-2-5-15(10-14)22(23,24)25/h2,4-5,10,16-17H,3,6-9,11-13H2,1H3/t17-,21+/m0/s1. The average Bonchev–Trinajstić information content (AvgIpc) is 3.54. The number of halogens is 3. The van der Waals surface area contributed by atoms with Crippen molar-refractivity contribution in [2.45, 2.75) is 62.3 Å². The molecule has 2 saturated heterocycles. The van der Waals surface area contributed by atoms with Crippen LogP contribution in [0.2, 0.25) is 0 Å². The van der Waals surface area contributed by atoms with Crippen LogP contribution in [0.3, 0.4) is 0 Å². The Balaban J connectivity index is 1.70. The van der Waals surface area contributed by atoms with Crippen molar-refractivity contribution in [1.29, 1.82) is 0 Å². The van der Waals surface area contributed by atoms with Gasteiger partial charge in [0.25, 0.3) is 0 Å². The van der Waals surface area contributed by atoms with Crippen LogP contribution in [0.15, 0.2) is 24.3 Å². The van der Waals surface area contributed by atoms with Gasteiger partial charge in [-0.15, -0.1) is 0 Å². The van der Waals surface area contributed by atoms with E-state index in [4.69, 9.17) is 4.74 Å². The van der Waals surface area contributed by atoms with E-state index in [1.807, 2.05) is 0 Å². The Bertz CT molecular complexity index is 899. The molecule has 1 aromatic carbocycles. The first-order valence-electron chi connectivity index (χ1n) is 10.5. The molecule has 2 atom stereocenters. The van der Waals surface area contributed by atoms with Crippen LogP contribution in [0.25, 0.3) is 0 Å². The highest BCUT2D eigenvalue weighted by Gasteiger charge is 2.57. The summed E-state index contributed by atoms with van der Waals surface area (Å²) in [4.78, 5) is 42.1. The molecule has 9 heteroatoms. The zero-order valence-corrected chi connectivity index (χ0v) is 17.3. The Morgan fingerprint density at radius 1 is 1.23 bits per heavy atom. The van der Waals surface area contributed by atoms with Crippen LogP contribution in [0.1, 0.15) is 49.7 Å². The molecule has 4 rings (SSSR count). The molecular weight excluding hydrogens is 413 g/mol. The molecule has 0 spiro atoms. The van der Waals surface area contributed by atoms with Gasteiger partial charge in [0.2, 0.25) is 17.7 Å². The highest BCUT2D eigenvalue weighted by atomic mass is 19.4. The normalized spacial score (nSPS) is 27.2. The number of hydrogen-bond donors (Lipinski definition) is 0. The monoisotopic (exact) mass is 438 g/mol. The van der Waals surface area contributed by atoms with Gasteiger partial charge in [0.15, 0.2) is 0 Å². The van der Waals surface area contributed by atoms with Crippen molar-refractivity contribution in [3.05, 3.63) is 35.4 Å². The fourth-order valence-electron chi connectivity index (χ4n) is 4.65. The third-order valence-corrected chi connectivity index (χ3v) is 6.52. The second-order valence-corrected chi connectivity index (χ2v) is 8.65. The molecule has 1 aliphatic carbocycles. The van der Waals surface area contributed by atoms with Crippen LogP contribution in [0.4, 0.5) is 13.2 Å². The lowest BCUT2D eigenvalue weighted by atomic mass is 9.75. The van der Waals surface area contributed by atoms with Gasteiger partial charge >= 0.3 is 6.18 Å². The van der Waals surface area contributed by atoms with Crippen molar-refractivity contribution in [1.82, 2.24) is 9.80 Å². The molecule has 1 saturated carbocycles. The summed E-state index contributed by atoms with van der Waals surface area (Å²) in [6, 6.07) is 4.26. The third kappa shape index (κ3) is 4.07. The molecule has 0 unspecified atom stereocenters. The number of hydrogen-bond acceptors (Lipinski definition) is 4. The van der Waals surface area contributed by atoms with E-state index in [1.54, 1.807) is 12.0 Å². The van der Waals surface area contributed by atoms with Crippen LogP contribution in [-0.2, 0) is 30.7 Å². The molecule has 3 amide bonds. The molecule has 168 valence electrons. The van der Waals surface area contributed by atoms with Crippen molar-refractivity contribution in [2.24, 2.45) is 0 Å². The minimum Gasteiger partial charge on any atom is -0.380 e. The molecule has 2 aliphatic heterocycles. The molecule has 0 aromatic heterocycles. The zero-order chi connectivity index (χ0) is 22.4. The Morgan fingerprint density at radius 2 is 1.97 bits per heavy atom. The minimum atomic E-state index is -4.60. The quantitative estimate of drug-likeness (QED) is 0.663. The van der Waals surface area contributed by atoms with Crippen molar-refractivity contribution in [3.63, 3.8) is 0 Å². The van der Waals surface area contributed by atoms with Gasteiger partial charge in [-0.1, -0.05) is 18.2 Å². The fraction of sp³-hybridized carbons (Fsp3) is 0.591. The van der Waals surface area contributed by atoms with Crippen LogP contribution in [0, 0.1) is 0 Å². The molecule has 0 N–H and O–H groups in total. The SMILES string of the molecule is CO[C@H]1CCCN(C(=O)C[C@]2(c3cccc(C(F)(F)F)c3)CC(=O)N(C3CC3)C2=O)C1. The van der Waals surface area contributed by atoms with Gasteiger partial charge in [-0.05, 0) is 37.3 Å². The topological polar surface area (TPSA) is 66.9 Å². The highest BCUT2D eigenvalue weighted by molar-refractivity contribution is 6.11. The predicted octanol–water partition coefficient (Wildman–Crippen LogP) is 2.89. The second-order valence-electron chi connectivity index (χ2n) is 8.65. The number of imide groups is 1. The maximum Gasteiger partial charge on any atom is 0.416 e. The maximum absolute atomic E-state index is 13.4. The molecule has 3 aliphatic rings. The van der Waals surface area contributed by atoms with Crippen molar-refractivity contribution in [3.8, 4) is 0 Å². The molecule has 0 bridgehead atoms. The van der Waals surface area contributed by atoms with Gasteiger partial charge in [0.1, 0.15) is 0 Å². The molecule has 2 heterocycles. The van der Waals surface area contributed by atoms with Crippen molar-refractivity contribution < 1.29 is 32.3 Å². The first kappa shape index (κ1) is 21.8. The van der Waals surface area contributed by atoms with E-state index in [2.05, 4.69) is 0 Å². The molecule has 31 heavy (non-hydrogen) atoms. The number of carbonyl (C=O) groups is 3. The Hall–Kier alpha value is -2.42. The summed E-state index contributed by atoms with van der Waals surface area (Å²) in [7, 11) is 1.56. The number of likely N-dealkylation sites (tertiary alicyclic amines) is 2. The lowest BCUT2D eigenvalue weighted by Crippen LogP contribution is -2.47. The first-order valence-corrected chi connectivity index (χ1v) is 10.5. The molecule has 1 aromatic rings. The highest BCUT2D eigenvalue weighted by Crippen LogP contribution is 2.45. The number of amides is 3. The van der Waals surface area contributed by atoms with Gasteiger partial charge in [-0.25, -0.2) is 0 Å². The van der Waals surface area contributed by atoms with Gasteiger partial charge in [-0.3, -0.25) is 19.3 Å². The number of methoxy groups -OCH3 is 1. The van der Waals surface area contributed by atoms with E-state index in [-0.39, 0.29) is 36.5 Å². The lowest BCUT2D eigenvalue weighted by molar-refractivity contribution is -0.144. The molecule has 3 fully saturated rings. The Morgan fingerprint density at radius 3 is 2.61 bits per heavy atom. The number of piperidine rings is 1. The van der Waals surface area contributed by atoms with Crippen LogP contribution in [-0.4, -0.2) is 59.9 Å². The average molecular weight is 438 g/mol. The number of ether oxygens (including phenoxy) is 1. The third-order valence-electron chi connectivity index (χ3n) is 6.52. The summed E-state index contributed by atoms with van der Waals surface area (Å²) in [5.74, 6) is -1.34. The second kappa shape index (κ2) is 7.93. The van der Waals surface area contributed by atoms with Crippen LogP contribution < -0.4 is 0 Å². The van der Waals surface area contributed by atoms with Crippen LogP contribution in [0.5, 0.6) is 0 Å². The Labute approximate surface area is 178 Å². The summed E-state index contributed by atoms with van der Waals surface area (Å²) in [5.41, 5.74) is -2.45. The van der Waals surface area contributed by atoms with Gasteiger partial charge in [0.05, 0.1) is 17.1 Å². The lowest BCUT2D eigenvalue weighted by Gasteiger charge is -2.35. The van der Waals surface area contributed by atoms with E-state index in [9.17, 15) is 27.6 Å². The van der Waals surface area contributed by atoms with E-state index < -0.39 is 29.0 Å². The molecule has 6 nitrogen and oxygen atoms in total. The van der Waals surface area contributed by atoms with Crippen molar-refractivity contribution in [2.75, 3.05) is 20.2 Å². The molecular formula is C22H25F3N2O4. The summed E-state index contributed by atoms with van der Waals surface area (Å²) >= 11 is 0. The predicted molar refractivity (Wildman–Crippen MR) is 104 cm³/mol. The summed E-state index contributed by atoms with van der Waals surface area (Å²) in [6.45, 7) is 0.855. The van der Waals surface area contributed by atoms with Crippen molar-refractivity contribution >= 4 is 17.7 Å². The zero-order valence-electron chi connectivity index (χ0n) is 17.3. The van der Waals surface area contributed by atoms with E-state index in [0.29, 0.717) is 25.9 Å². The van der Waals surface area contributed by atoms with Gasteiger partial charge in [-0.2, -0.15) is 13.2 Å². The van der Waals surface area contributed by atoms with Gasteiger partial charge < -0.3 is 9.64 Å². The fourth-order valence-corrected chi connectivity index (χ4v) is 4.65. The van der Waals surface area contributed by atoms with E-state index in [0.717, 1.165) is 25.0 Å². The van der Waals surface area contributed by atoms with E-state index in [1.165, 1.54) is 17.0 Å². The summed E-state index contributed by atoms with van der Waals surface area (Å²) in [6.07, 6.45) is -2.42. The summed E-state index contributed by atoms with van der Waals surface area (Å²) < 4.78 is 45.4. The number of rotatable bonds is 5. The van der Waals surface area contributed by atoms with E-state index >= 15 is 0 Å².